The Morgan fingerprint density at radius 1 is 0.438 bits per heavy atom. The number of aromatic nitrogens is 1. The van der Waals surface area contributed by atoms with E-state index in [0.717, 1.165) is 0 Å². The summed E-state index contributed by atoms with van der Waals surface area (Å²) in [5.74, 6) is 0. The maximum Gasteiger partial charge on any atom is 0.0548 e. The van der Waals surface area contributed by atoms with E-state index in [4.69, 9.17) is 0 Å². The normalized spacial score (nSPS) is 11.8. The van der Waals surface area contributed by atoms with Gasteiger partial charge in [-0.05, 0) is 47.5 Å². The molecule has 0 bridgehead atoms. The fourth-order valence-electron chi connectivity index (χ4n) is 4.92. The smallest absolute Gasteiger partial charge is 0.0548 e. The molecule has 1 nitrogen and oxygen atoms in total. The fourth-order valence-corrected chi connectivity index (χ4v) is 6.05. The maximum absolute atomic E-state index is 2.42. The molecule has 0 radical (unpaired) electrons. The van der Waals surface area contributed by atoms with Gasteiger partial charge in [0.05, 0.1) is 11.0 Å². The molecular formula is C30H19NS. The number of fused-ring (bicyclic) bond motifs is 6. The zero-order chi connectivity index (χ0) is 21.1. The van der Waals surface area contributed by atoms with Gasteiger partial charge in [0.15, 0.2) is 0 Å². The maximum atomic E-state index is 2.42. The van der Waals surface area contributed by atoms with Gasteiger partial charge in [0, 0.05) is 36.6 Å². The molecule has 5 aromatic carbocycles. The molecule has 0 amide bonds. The van der Waals surface area contributed by atoms with Crippen LogP contribution in [-0.2, 0) is 0 Å². The summed E-state index contributed by atoms with van der Waals surface area (Å²) >= 11 is 1.88. The van der Waals surface area contributed by atoms with Crippen LogP contribution in [0.2, 0.25) is 0 Å². The van der Waals surface area contributed by atoms with Gasteiger partial charge in [0.25, 0.3) is 0 Å². The second-order valence-corrected chi connectivity index (χ2v) is 9.32. The summed E-state index contributed by atoms with van der Waals surface area (Å²) in [4.78, 5) is 0. The van der Waals surface area contributed by atoms with Crippen LogP contribution in [0.5, 0.6) is 0 Å². The molecule has 0 fully saturated rings. The van der Waals surface area contributed by atoms with Crippen molar-refractivity contribution in [3.63, 3.8) is 0 Å². The molecule has 0 saturated heterocycles. The van der Waals surface area contributed by atoms with Crippen LogP contribution >= 0.6 is 11.3 Å². The third-order valence-electron chi connectivity index (χ3n) is 6.38. The van der Waals surface area contributed by atoms with Gasteiger partial charge in [-0.25, -0.2) is 0 Å². The molecule has 7 aromatic rings. The fraction of sp³-hybridized carbons (Fsp3) is 0. The predicted molar refractivity (Wildman–Crippen MR) is 139 cm³/mol. The Kier molecular flexibility index (Phi) is 3.78. The third-order valence-corrected chi connectivity index (χ3v) is 7.52. The molecule has 150 valence electrons. The van der Waals surface area contributed by atoms with Gasteiger partial charge in [0.1, 0.15) is 0 Å². The molecule has 2 heteroatoms. The van der Waals surface area contributed by atoms with Gasteiger partial charge in [-0.15, -0.1) is 11.3 Å². The Morgan fingerprint density at radius 2 is 1.19 bits per heavy atom. The molecule has 2 heterocycles. The molecule has 2 aromatic heterocycles. The van der Waals surface area contributed by atoms with E-state index in [1.54, 1.807) is 0 Å². The molecule has 0 spiro atoms. The third kappa shape index (κ3) is 2.57. The van der Waals surface area contributed by atoms with Gasteiger partial charge in [-0.2, -0.15) is 0 Å². The Bertz CT molecular complexity index is 1770. The zero-order valence-corrected chi connectivity index (χ0v) is 18.1. The highest BCUT2D eigenvalue weighted by Gasteiger charge is 2.15. The Labute approximate surface area is 189 Å². The number of hydrogen-bond donors (Lipinski definition) is 0. The van der Waals surface area contributed by atoms with Crippen LogP contribution in [0.3, 0.4) is 0 Å². The molecular weight excluding hydrogens is 406 g/mol. The number of hydrogen-bond acceptors (Lipinski definition) is 1. The van der Waals surface area contributed by atoms with Crippen molar-refractivity contribution in [1.29, 1.82) is 0 Å². The lowest BCUT2D eigenvalue weighted by molar-refractivity contribution is 1.18. The van der Waals surface area contributed by atoms with Crippen molar-refractivity contribution in [2.45, 2.75) is 0 Å². The molecule has 32 heavy (non-hydrogen) atoms. The number of para-hydroxylation sites is 1. The minimum atomic E-state index is 1.19. The van der Waals surface area contributed by atoms with Crippen LogP contribution < -0.4 is 0 Å². The summed E-state index contributed by atoms with van der Waals surface area (Å²) in [6.07, 6.45) is 0. The lowest BCUT2D eigenvalue weighted by atomic mass is 10.1. The van der Waals surface area contributed by atoms with E-state index >= 15 is 0 Å². The molecule has 7 rings (SSSR count). The summed E-state index contributed by atoms with van der Waals surface area (Å²) in [7, 11) is 0. The number of nitrogens with zero attached hydrogens (tertiary/aromatic N) is 1. The number of thiophene rings is 1. The summed E-state index contributed by atoms with van der Waals surface area (Å²) < 4.78 is 5.11. The topological polar surface area (TPSA) is 4.93 Å². The molecule has 0 aliphatic rings. The van der Waals surface area contributed by atoms with Gasteiger partial charge in [-0.3, -0.25) is 0 Å². The van der Waals surface area contributed by atoms with Gasteiger partial charge in [0.2, 0.25) is 0 Å². The van der Waals surface area contributed by atoms with Crippen LogP contribution in [0.15, 0.2) is 115 Å². The van der Waals surface area contributed by atoms with Crippen molar-refractivity contribution in [2.75, 3.05) is 0 Å². The van der Waals surface area contributed by atoms with E-state index < -0.39 is 0 Å². The summed E-state index contributed by atoms with van der Waals surface area (Å²) in [5, 5.41) is 5.28. The second kappa shape index (κ2) is 6.81. The largest absolute Gasteiger partial charge is 0.309 e. The van der Waals surface area contributed by atoms with E-state index in [9.17, 15) is 0 Å². The quantitative estimate of drug-likeness (QED) is 0.261. The average Bonchev–Trinajstić information content (AvgIpc) is 3.38. The van der Waals surface area contributed by atoms with Gasteiger partial charge in [-0.1, -0.05) is 78.9 Å². The molecule has 0 saturated carbocycles. The first-order chi connectivity index (χ1) is 15.9. The second-order valence-electron chi connectivity index (χ2n) is 8.23. The Hall–Kier alpha value is -3.88. The minimum absolute atomic E-state index is 1.19. The van der Waals surface area contributed by atoms with Gasteiger partial charge >= 0.3 is 0 Å². The summed E-state index contributed by atoms with van der Waals surface area (Å²) in [5.41, 5.74) is 6.16. The van der Waals surface area contributed by atoms with Crippen LogP contribution in [0, 0.1) is 0 Å². The molecule has 0 atom stereocenters. The highest BCUT2D eigenvalue weighted by molar-refractivity contribution is 7.25. The van der Waals surface area contributed by atoms with Crippen molar-refractivity contribution in [1.82, 2.24) is 4.57 Å². The molecule has 0 aliphatic carbocycles. The summed E-state index contributed by atoms with van der Waals surface area (Å²) in [6, 6.07) is 41.7. The van der Waals surface area contributed by atoms with Gasteiger partial charge < -0.3 is 4.57 Å². The Balaban J connectivity index is 1.58. The van der Waals surface area contributed by atoms with Crippen LogP contribution in [-0.4, -0.2) is 4.57 Å². The van der Waals surface area contributed by atoms with Crippen molar-refractivity contribution >= 4 is 53.3 Å². The van der Waals surface area contributed by atoms with Crippen molar-refractivity contribution in [3.8, 4) is 16.8 Å². The minimum Gasteiger partial charge on any atom is -0.309 e. The van der Waals surface area contributed by atoms with Crippen molar-refractivity contribution < 1.29 is 0 Å². The van der Waals surface area contributed by atoms with E-state index in [1.807, 2.05) is 11.3 Å². The van der Waals surface area contributed by atoms with Crippen LogP contribution in [0.25, 0.3) is 58.8 Å². The predicted octanol–water partition coefficient (Wildman–Crippen LogP) is 8.82. The highest BCUT2D eigenvalue weighted by atomic mass is 32.1. The first-order valence-electron chi connectivity index (χ1n) is 10.9. The Morgan fingerprint density at radius 3 is 2.09 bits per heavy atom. The highest BCUT2D eigenvalue weighted by Crippen LogP contribution is 2.40. The number of rotatable bonds is 2. The average molecular weight is 426 g/mol. The SMILES string of the molecule is c1ccc(-c2cccc(-n3c4ccccc4c4cc5sc6ccccc6c5cc43)c2)cc1. The monoisotopic (exact) mass is 425 g/mol. The van der Waals surface area contributed by atoms with E-state index in [0.29, 0.717) is 0 Å². The molecule has 0 aliphatic heterocycles. The summed E-state index contributed by atoms with van der Waals surface area (Å²) in [6.45, 7) is 0. The van der Waals surface area contributed by atoms with E-state index in [-0.39, 0.29) is 0 Å². The van der Waals surface area contributed by atoms with E-state index in [2.05, 4.69) is 120 Å². The molecule has 0 N–H and O–H groups in total. The van der Waals surface area contributed by atoms with E-state index in [1.165, 1.54) is 58.8 Å². The lowest BCUT2D eigenvalue weighted by Gasteiger charge is -2.10. The van der Waals surface area contributed by atoms with Crippen molar-refractivity contribution in [2.24, 2.45) is 0 Å². The lowest BCUT2D eigenvalue weighted by Crippen LogP contribution is -1.94. The molecule has 0 unspecified atom stereocenters. The zero-order valence-electron chi connectivity index (χ0n) is 17.3. The first-order valence-corrected chi connectivity index (χ1v) is 11.7. The number of benzene rings is 5. The standard InChI is InChI=1S/C30H19NS/c1-2-9-20(10-3-1)21-11-8-12-22(17-21)31-27-15-6-4-13-23(27)25-19-30-26(18-28(25)31)24-14-5-7-16-29(24)32-30/h1-19H. The van der Waals surface area contributed by atoms with Crippen LogP contribution in [0.1, 0.15) is 0 Å². The van der Waals surface area contributed by atoms with Crippen LogP contribution in [0.4, 0.5) is 0 Å². The van der Waals surface area contributed by atoms with Crippen molar-refractivity contribution in [3.05, 3.63) is 115 Å². The first kappa shape index (κ1) is 17.8.